The van der Waals surface area contributed by atoms with E-state index in [2.05, 4.69) is 71.0 Å². The van der Waals surface area contributed by atoms with Crippen LogP contribution in [0.2, 0.25) is 0 Å². The fourth-order valence-electron chi connectivity index (χ4n) is 3.68. The van der Waals surface area contributed by atoms with E-state index in [1.54, 1.807) is 0 Å². The number of piperazine rings is 1. The number of fused-ring (bicyclic) bond motifs is 4. The zero-order valence-electron chi connectivity index (χ0n) is 14.1. The quantitative estimate of drug-likeness (QED) is 0.635. The van der Waals surface area contributed by atoms with Crippen molar-refractivity contribution in [3.05, 3.63) is 54.1 Å². The summed E-state index contributed by atoms with van der Waals surface area (Å²) in [5.74, 6) is 1.10. The molecule has 0 saturated carbocycles. The summed E-state index contributed by atoms with van der Waals surface area (Å²) in [7, 11) is 0. The van der Waals surface area contributed by atoms with Gasteiger partial charge in [0.25, 0.3) is 0 Å². The maximum Gasteiger partial charge on any atom is 0.140 e. The molecular formula is C20H20N4S. The number of rotatable bonds is 0. The van der Waals surface area contributed by atoms with E-state index in [-0.39, 0.29) is 0 Å². The van der Waals surface area contributed by atoms with Gasteiger partial charge in [-0.1, -0.05) is 30.3 Å². The molecular weight excluding hydrogens is 328 g/mol. The van der Waals surface area contributed by atoms with Crippen LogP contribution in [0.15, 0.2) is 53.5 Å². The van der Waals surface area contributed by atoms with Crippen LogP contribution in [0.25, 0.3) is 10.1 Å². The summed E-state index contributed by atoms with van der Waals surface area (Å²) in [4.78, 5) is 7.55. The van der Waals surface area contributed by atoms with Crippen LogP contribution in [0.5, 0.6) is 0 Å². The molecule has 5 heteroatoms. The van der Waals surface area contributed by atoms with Gasteiger partial charge in [-0.05, 0) is 25.1 Å². The van der Waals surface area contributed by atoms with Crippen LogP contribution < -0.4 is 10.6 Å². The average Bonchev–Trinajstić information content (AvgIpc) is 2.90. The maximum atomic E-state index is 5.12. The van der Waals surface area contributed by atoms with Crippen molar-refractivity contribution >= 4 is 43.6 Å². The highest BCUT2D eigenvalue weighted by Crippen LogP contribution is 2.43. The van der Waals surface area contributed by atoms with E-state index in [1.165, 1.54) is 20.7 Å². The van der Waals surface area contributed by atoms with Gasteiger partial charge in [-0.25, -0.2) is 4.99 Å². The Hall–Kier alpha value is -2.37. The Kier molecular flexibility index (Phi) is 3.50. The van der Waals surface area contributed by atoms with Crippen molar-refractivity contribution in [1.82, 2.24) is 10.2 Å². The van der Waals surface area contributed by atoms with E-state index in [4.69, 9.17) is 4.99 Å². The second-order valence-electron chi connectivity index (χ2n) is 6.68. The zero-order valence-corrected chi connectivity index (χ0v) is 14.9. The minimum atomic E-state index is 0.469. The molecule has 2 N–H and O–H groups in total. The lowest BCUT2D eigenvalue weighted by atomic mass is 10.1. The smallest absolute Gasteiger partial charge is 0.140 e. The van der Waals surface area contributed by atoms with Crippen LogP contribution in [0.4, 0.5) is 16.4 Å². The largest absolute Gasteiger partial charge is 0.353 e. The van der Waals surface area contributed by atoms with Crippen molar-refractivity contribution in [2.45, 2.75) is 13.0 Å². The Labute approximate surface area is 151 Å². The predicted molar refractivity (Wildman–Crippen MR) is 107 cm³/mol. The van der Waals surface area contributed by atoms with E-state index in [0.29, 0.717) is 6.04 Å². The molecule has 0 amide bonds. The van der Waals surface area contributed by atoms with Gasteiger partial charge in [0.15, 0.2) is 0 Å². The van der Waals surface area contributed by atoms with E-state index in [9.17, 15) is 0 Å². The van der Waals surface area contributed by atoms with Gasteiger partial charge in [0.05, 0.1) is 16.9 Å². The zero-order chi connectivity index (χ0) is 16.8. The fraction of sp³-hybridized carbons (Fsp3) is 0.250. The van der Waals surface area contributed by atoms with Crippen molar-refractivity contribution in [2.24, 2.45) is 4.99 Å². The highest BCUT2D eigenvalue weighted by Gasteiger charge is 2.27. The highest BCUT2D eigenvalue weighted by molar-refractivity contribution is 7.23. The van der Waals surface area contributed by atoms with Gasteiger partial charge in [0.2, 0.25) is 0 Å². The number of aliphatic imine (C=N–C) groups is 1. The third kappa shape index (κ3) is 2.51. The Morgan fingerprint density at radius 2 is 1.96 bits per heavy atom. The summed E-state index contributed by atoms with van der Waals surface area (Å²) >= 11 is 1.81. The topological polar surface area (TPSA) is 39.7 Å². The number of anilines is 2. The lowest BCUT2D eigenvalue weighted by molar-refractivity contribution is 0.304. The first kappa shape index (κ1) is 14.9. The molecule has 3 heterocycles. The molecule has 0 radical (unpaired) electrons. The summed E-state index contributed by atoms with van der Waals surface area (Å²) < 4.78 is 1.30. The summed E-state index contributed by atoms with van der Waals surface area (Å²) in [6.07, 6.45) is 0. The molecule has 0 unspecified atom stereocenters. The second-order valence-corrected chi connectivity index (χ2v) is 7.73. The summed E-state index contributed by atoms with van der Waals surface area (Å²) in [6.45, 7) is 5.19. The number of nitrogens with zero attached hydrogens (tertiary/aromatic N) is 2. The monoisotopic (exact) mass is 348 g/mol. The minimum absolute atomic E-state index is 0.469. The predicted octanol–water partition coefficient (Wildman–Crippen LogP) is 4.33. The molecule has 0 spiro atoms. The van der Waals surface area contributed by atoms with Gasteiger partial charge in [-0.2, -0.15) is 0 Å². The average molecular weight is 348 g/mol. The number of hydrogen-bond acceptors (Lipinski definition) is 5. The molecule has 0 aliphatic carbocycles. The van der Waals surface area contributed by atoms with Crippen LogP contribution in [0, 0.1) is 0 Å². The molecule has 2 aromatic carbocycles. The first-order valence-corrected chi connectivity index (χ1v) is 9.56. The van der Waals surface area contributed by atoms with Crippen LogP contribution in [0.3, 0.4) is 0 Å². The van der Waals surface area contributed by atoms with Crippen molar-refractivity contribution < 1.29 is 0 Å². The van der Waals surface area contributed by atoms with Crippen LogP contribution in [-0.2, 0) is 0 Å². The SMILES string of the molecule is C[C@H]1CN(C2=Nc3ccccc3Nc3sc4ccccc4c32)CCN1. The van der Waals surface area contributed by atoms with E-state index < -0.39 is 0 Å². The fourth-order valence-corrected chi connectivity index (χ4v) is 4.79. The van der Waals surface area contributed by atoms with Crippen molar-refractivity contribution in [2.75, 3.05) is 25.0 Å². The Morgan fingerprint density at radius 3 is 2.88 bits per heavy atom. The van der Waals surface area contributed by atoms with Gasteiger partial charge >= 0.3 is 0 Å². The molecule has 126 valence electrons. The molecule has 5 rings (SSSR count). The molecule has 25 heavy (non-hydrogen) atoms. The number of nitrogens with one attached hydrogen (secondary N) is 2. The maximum absolute atomic E-state index is 5.12. The number of hydrogen-bond donors (Lipinski definition) is 2. The Bertz CT molecular complexity index is 975. The van der Waals surface area contributed by atoms with E-state index in [1.807, 2.05) is 11.3 Å². The minimum Gasteiger partial charge on any atom is -0.353 e. The first-order valence-electron chi connectivity index (χ1n) is 8.74. The van der Waals surface area contributed by atoms with E-state index >= 15 is 0 Å². The normalized spacial score (nSPS) is 19.6. The highest BCUT2D eigenvalue weighted by atomic mass is 32.1. The van der Waals surface area contributed by atoms with E-state index in [0.717, 1.165) is 36.8 Å². The lowest BCUT2D eigenvalue weighted by Crippen LogP contribution is -2.51. The van der Waals surface area contributed by atoms with Crippen molar-refractivity contribution in [1.29, 1.82) is 0 Å². The molecule has 3 aromatic rings. The van der Waals surface area contributed by atoms with Gasteiger partial charge in [0, 0.05) is 35.8 Å². The van der Waals surface area contributed by atoms with Crippen molar-refractivity contribution in [3.8, 4) is 0 Å². The van der Waals surface area contributed by atoms with Crippen LogP contribution >= 0.6 is 11.3 Å². The molecule has 1 aromatic heterocycles. The number of amidine groups is 1. The van der Waals surface area contributed by atoms with Crippen molar-refractivity contribution in [3.63, 3.8) is 0 Å². The number of para-hydroxylation sites is 2. The summed E-state index contributed by atoms with van der Waals surface area (Å²) in [6, 6.07) is 17.4. The molecule has 1 saturated heterocycles. The molecule has 1 fully saturated rings. The Morgan fingerprint density at radius 1 is 1.12 bits per heavy atom. The van der Waals surface area contributed by atoms with Gasteiger partial charge in [-0.15, -0.1) is 11.3 Å². The third-order valence-electron chi connectivity index (χ3n) is 4.87. The standard InChI is InChI=1S/C20H20N4S/c1-13-12-24(11-10-21-13)19-18-14-6-2-5-9-17(14)25-20(18)23-16-8-4-3-7-15(16)22-19/h2-9,13,21,23H,10-12H2,1H3/t13-/m0/s1. The third-order valence-corrected chi connectivity index (χ3v) is 5.95. The Balaban J connectivity index is 1.75. The molecule has 2 aliphatic heterocycles. The molecule has 0 bridgehead atoms. The van der Waals surface area contributed by atoms with Gasteiger partial charge in [0.1, 0.15) is 10.8 Å². The summed E-state index contributed by atoms with van der Waals surface area (Å²) in [5.41, 5.74) is 3.33. The summed E-state index contributed by atoms with van der Waals surface area (Å²) in [5, 5.41) is 9.64. The van der Waals surface area contributed by atoms with Crippen LogP contribution in [-0.4, -0.2) is 36.4 Å². The molecule has 2 aliphatic rings. The second kappa shape index (κ2) is 5.86. The first-order chi connectivity index (χ1) is 12.3. The van der Waals surface area contributed by atoms with Gasteiger partial charge in [-0.3, -0.25) is 0 Å². The van der Waals surface area contributed by atoms with Gasteiger partial charge < -0.3 is 15.5 Å². The lowest BCUT2D eigenvalue weighted by Gasteiger charge is -2.34. The molecule has 1 atom stereocenters. The van der Waals surface area contributed by atoms with Crippen LogP contribution in [0.1, 0.15) is 12.5 Å². The molecule has 4 nitrogen and oxygen atoms in total. The number of thiophene rings is 1. The number of benzene rings is 2.